The predicted molar refractivity (Wildman–Crippen MR) is 43.0 cm³/mol. The summed E-state index contributed by atoms with van der Waals surface area (Å²) in [4.78, 5) is 10.4. The van der Waals surface area contributed by atoms with E-state index in [-0.39, 0.29) is 5.69 Å². The standard InChI is InChI=1S/C8H10N2O2/c1-2-3-6-4-5-7(8(11)12)10-9-6/h4-5H,2-3H2,1H3,(H,11,12). The molecule has 0 saturated heterocycles. The van der Waals surface area contributed by atoms with Crippen LogP contribution >= 0.6 is 0 Å². The van der Waals surface area contributed by atoms with Gasteiger partial charge in [-0.05, 0) is 18.6 Å². The molecule has 1 aromatic rings. The second-order valence-electron chi connectivity index (χ2n) is 2.47. The van der Waals surface area contributed by atoms with Crippen LogP contribution in [0.5, 0.6) is 0 Å². The van der Waals surface area contributed by atoms with Crippen LogP contribution in [0.15, 0.2) is 12.1 Å². The average Bonchev–Trinajstić information content (AvgIpc) is 2.06. The molecule has 1 aromatic heterocycles. The zero-order valence-corrected chi connectivity index (χ0v) is 6.82. The van der Waals surface area contributed by atoms with Gasteiger partial charge in [-0.15, -0.1) is 5.10 Å². The van der Waals surface area contributed by atoms with Gasteiger partial charge in [-0.25, -0.2) is 4.79 Å². The summed E-state index contributed by atoms with van der Waals surface area (Å²) in [7, 11) is 0. The van der Waals surface area contributed by atoms with E-state index in [2.05, 4.69) is 10.2 Å². The van der Waals surface area contributed by atoms with Crippen LogP contribution in [0.4, 0.5) is 0 Å². The first-order valence-corrected chi connectivity index (χ1v) is 3.80. The summed E-state index contributed by atoms with van der Waals surface area (Å²) in [5.74, 6) is -1.04. The number of hydrogen-bond donors (Lipinski definition) is 1. The second-order valence-corrected chi connectivity index (χ2v) is 2.47. The number of nitrogens with zero attached hydrogens (tertiary/aromatic N) is 2. The largest absolute Gasteiger partial charge is 0.476 e. The maximum atomic E-state index is 10.4. The van der Waals surface area contributed by atoms with Crippen molar-refractivity contribution in [3.8, 4) is 0 Å². The molecule has 0 amide bonds. The van der Waals surface area contributed by atoms with Gasteiger partial charge in [0.2, 0.25) is 0 Å². The number of hydrogen-bond acceptors (Lipinski definition) is 3. The van der Waals surface area contributed by atoms with Gasteiger partial charge in [0.1, 0.15) is 0 Å². The molecule has 4 heteroatoms. The highest BCUT2D eigenvalue weighted by molar-refractivity contribution is 5.84. The molecule has 0 aromatic carbocycles. The van der Waals surface area contributed by atoms with Crippen molar-refractivity contribution in [3.63, 3.8) is 0 Å². The minimum Gasteiger partial charge on any atom is -0.476 e. The number of carboxylic acid groups (broad SMARTS) is 1. The van der Waals surface area contributed by atoms with E-state index in [0.717, 1.165) is 18.5 Å². The van der Waals surface area contributed by atoms with Gasteiger partial charge >= 0.3 is 5.97 Å². The van der Waals surface area contributed by atoms with Crippen molar-refractivity contribution in [1.82, 2.24) is 10.2 Å². The number of carbonyl (C=O) groups is 1. The zero-order chi connectivity index (χ0) is 8.97. The Morgan fingerprint density at radius 3 is 2.67 bits per heavy atom. The lowest BCUT2D eigenvalue weighted by atomic mass is 10.2. The molecule has 0 fully saturated rings. The van der Waals surface area contributed by atoms with Gasteiger partial charge in [-0.3, -0.25) is 0 Å². The third-order valence-electron chi connectivity index (χ3n) is 1.45. The molecule has 0 bridgehead atoms. The van der Waals surface area contributed by atoms with Crippen LogP contribution < -0.4 is 0 Å². The minimum absolute atomic E-state index is 0.00477. The van der Waals surface area contributed by atoms with Gasteiger partial charge in [-0.1, -0.05) is 13.3 Å². The minimum atomic E-state index is -1.04. The fourth-order valence-electron chi connectivity index (χ4n) is 0.863. The maximum Gasteiger partial charge on any atom is 0.356 e. The van der Waals surface area contributed by atoms with E-state index in [0.29, 0.717) is 0 Å². The second kappa shape index (κ2) is 3.80. The fourth-order valence-corrected chi connectivity index (χ4v) is 0.863. The van der Waals surface area contributed by atoms with Crippen molar-refractivity contribution < 1.29 is 9.90 Å². The Morgan fingerprint density at radius 2 is 2.25 bits per heavy atom. The lowest BCUT2D eigenvalue weighted by Crippen LogP contribution is -2.03. The number of rotatable bonds is 3. The Morgan fingerprint density at radius 1 is 1.50 bits per heavy atom. The molecule has 1 heterocycles. The highest BCUT2D eigenvalue weighted by atomic mass is 16.4. The lowest BCUT2D eigenvalue weighted by Gasteiger charge is -1.95. The van der Waals surface area contributed by atoms with Gasteiger partial charge in [0.15, 0.2) is 5.69 Å². The Bertz CT molecular complexity index is 269. The lowest BCUT2D eigenvalue weighted by molar-refractivity contribution is 0.0689. The summed E-state index contributed by atoms with van der Waals surface area (Å²) in [6, 6.07) is 3.17. The summed E-state index contributed by atoms with van der Waals surface area (Å²) < 4.78 is 0. The van der Waals surface area contributed by atoms with E-state index in [1.807, 2.05) is 6.92 Å². The maximum absolute atomic E-state index is 10.4. The Labute approximate surface area is 70.3 Å². The van der Waals surface area contributed by atoms with Gasteiger partial charge in [0.05, 0.1) is 5.69 Å². The first kappa shape index (κ1) is 8.64. The van der Waals surface area contributed by atoms with Crippen molar-refractivity contribution in [2.45, 2.75) is 19.8 Å². The van der Waals surface area contributed by atoms with E-state index in [1.54, 1.807) is 6.07 Å². The molecule has 1 N–H and O–H groups in total. The Balaban J connectivity index is 2.78. The molecular weight excluding hydrogens is 156 g/mol. The quantitative estimate of drug-likeness (QED) is 0.731. The summed E-state index contributed by atoms with van der Waals surface area (Å²) in [5.41, 5.74) is 0.831. The summed E-state index contributed by atoms with van der Waals surface area (Å²) in [6.45, 7) is 2.03. The van der Waals surface area contributed by atoms with Gasteiger partial charge in [-0.2, -0.15) is 5.10 Å². The molecule has 0 saturated carbocycles. The average molecular weight is 166 g/mol. The Hall–Kier alpha value is -1.45. The van der Waals surface area contributed by atoms with E-state index >= 15 is 0 Å². The first-order valence-electron chi connectivity index (χ1n) is 3.80. The summed E-state index contributed by atoms with van der Waals surface area (Å²) in [5, 5.41) is 15.8. The molecule has 12 heavy (non-hydrogen) atoms. The molecule has 0 radical (unpaired) electrons. The number of aromatic carboxylic acids is 1. The summed E-state index contributed by atoms with van der Waals surface area (Å²) in [6.07, 6.45) is 1.83. The zero-order valence-electron chi connectivity index (χ0n) is 6.82. The SMILES string of the molecule is CCCc1ccc(C(=O)O)nn1. The molecule has 0 unspecified atom stereocenters. The highest BCUT2D eigenvalue weighted by Gasteiger charge is 2.03. The molecule has 0 atom stereocenters. The third kappa shape index (κ3) is 2.02. The van der Waals surface area contributed by atoms with Crippen molar-refractivity contribution >= 4 is 5.97 Å². The Kier molecular flexibility index (Phi) is 2.74. The van der Waals surface area contributed by atoms with Crippen molar-refractivity contribution in [2.24, 2.45) is 0 Å². The monoisotopic (exact) mass is 166 g/mol. The molecule has 64 valence electrons. The number of aromatic nitrogens is 2. The van der Waals surface area contributed by atoms with Crippen LogP contribution in [0.2, 0.25) is 0 Å². The van der Waals surface area contributed by atoms with Crippen molar-refractivity contribution in [1.29, 1.82) is 0 Å². The topological polar surface area (TPSA) is 63.1 Å². The molecule has 4 nitrogen and oxygen atoms in total. The van der Waals surface area contributed by atoms with Gasteiger partial charge in [0.25, 0.3) is 0 Å². The van der Waals surface area contributed by atoms with Crippen LogP contribution in [0.3, 0.4) is 0 Å². The molecule has 0 aliphatic heterocycles. The van der Waals surface area contributed by atoms with E-state index in [9.17, 15) is 4.79 Å². The normalized spacial score (nSPS) is 9.75. The molecule has 1 rings (SSSR count). The third-order valence-corrected chi connectivity index (χ3v) is 1.45. The van der Waals surface area contributed by atoms with E-state index in [1.165, 1.54) is 6.07 Å². The molecule has 0 spiro atoms. The molecular formula is C8H10N2O2. The highest BCUT2D eigenvalue weighted by Crippen LogP contribution is 1.99. The van der Waals surface area contributed by atoms with Gasteiger partial charge in [0, 0.05) is 0 Å². The van der Waals surface area contributed by atoms with Crippen molar-refractivity contribution in [3.05, 3.63) is 23.5 Å². The number of aryl methyl sites for hydroxylation is 1. The van der Waals surface area contributed by atoms with E-state index in [4.69, 9.17) is 5.11 Å². The molecule has 0 aliphatic rings. The molecule has 0 aliphatic carbocycles. The summed E-state index contributed by atoms with van der Waals surface area (Å²) >= 11 is 0. The van der Waals surface area contributed by atoms with Crippen LogP contribution in [-0.2, 0) is 6.42 Å². The smallest absolute Gasteiger partial charge is 0.356 e. The number of carboxylic acids is 1. The predicted octanol–water partition coefficient (Wildman–Crippen LogP) is 1.13. The fraction of sp³-hybridized carbons (Fsp3) is 0.375. The van der Waals surface area contributed by atoms with Crippen LogP contribution in [0.1, 0.15) is 29.5 Å². The van der Waals surface area contributed by atoms with Crippen LogP contribution in [0, 0.1) is 0 Å². The van der Waals surface area contributed by atoms with E-state index < -0.39 is 5.97 Å². The van der Waals surface area contributed by atoms with Crippen LogP contribution in [-0.4, -0.2) is 21.3 Å². The van der Waals surface area contributed by atoms with Gasteiger partial charge < -0.3 is 5.11 Å². The first-order chi connectivity index (χ1) is 5.74. The van der Waals surface area contributed by atoms with Crippen molar-refractivity contribution in [2.75, 3.05) is 0 Å². The van der Waals surface area contributed by atoms with Crippen LogP contribution in [0.25, 0.3) is 0 Å².